The first kappa shape index (κ1) is 13.3. The van der Waals surface area contributed by atoms with Gasteiger partial charge >= 0.3 is 0 Å². The average molecular weight is 240 g/mol. The van der Waals surface area contributed by atoms with Crippen molar-refractivity contribution >= 4 is 0 Å². The van der Waals surface area contributed by atoms with E-state index < -0.39 is 0 Å². The van der Waals surface area contributed by atoms with E-state index in [1.807, 2.05) is 0 Å². The van der Waals surface area contributed by atoms with Gasteiger partial charge in [0.05, 0.1) is 6.61 Å². The summed E-state index contributed by atoms with van der Waals surface area (Å²) < 4.78 is 5.76. The molecule has 0 aromatic heterocycles. The fraction of sp³-hybridized carbons (Fsp3) is 1.00. The summed E-state index contributed by atoms with van der Waals surface area (Å²) in [4.78, 5) is 2.67. The lowest BCUT2D eigenvalue weighted by Crippen LogP contribution is -2.49. The van der Waals surface area contributed by atoms with Crippen molar-refractivity contribution < 1.29 is 4.74 Å². The van der Waals surface area contributed by atoms with Crippen molar-refractivity contribution in [2.24, 2.45) is 5.41 Å². The summed E-state index contributed by atoms with van der Waals surface area (Å²) in [5.74, 6) is 0. The zero-order chi connectivity index (χ0) is 12.1. The third kappa shape index (κ3) is 3.43. The monoisotopic (exact) mass is 240 g/mol. The Balaban J connectivity index is 1.93. The van der Waals surface area contributed by atoms with E-state index >= 15 is 0 Å². The Hall–Kier alpha value is -0.120. The van der Waals surface area contributed by atoms with Gasteiger partial charge in [-0.05, 0) is 45.7 Å². The van der Waals surface area contributed by atoms with E-state index in [2.05, 4.69) is 24.1 Å². The first-order valence-electron chi connectivity index (χ1n) is 7.28. The third-order valence-electron chi connectivity index (χ3n) is 4.38. The summed E-state index contributed by atoms with van der Waals surface area (Å²) in [6, 6.07) is 0.774. The van der Waals surface area contributed by atoms with Crippen LogP contribution in [0.2, 0.25) is 0 Å². The Morgan fingerprint density at radius 1 is 1.41 bits per heavy atom. The largest absolute Gasteiger partial charge is 0.381 e. The molecule has 2 rings (SSSR count). The normalized spacial score (nSPS) is 35.3. The first-order chi connectivity index (χ1) is 8.26. The van der Waals surface area contributed by atoms with Gasteiger partial charge in [-0.2, -0.15) is 0 Å². The lowest BCUT2D eigenvalue weighted by atomic mass is 9.81. The zero-order valence-electron chi connectivity index (χ0n) is 11.5. The Labute approximate surface area is 106 Å². The number of ether oxygens (including phenoxy) is 1. The van der Waals surface area contributed by atoms with Crippen LogP contribution >= 0.6 is 0 Å². The standard InChI is InChI=1S/C14H28N2O/c1-3-15-10-14(7-5-9-17-12-14)11-16-8-4-6-13(16)2/h13,15H,3-12H2,1-2H3. The molecule has 3 heteroatoms. The van der Waals surface area contributed by atoms with Crippen molar-refractivity contribution in [3.8, 4) is 0 Å². The fourth-order valence-corrected chi connectivity index (χ4v) is 3.28. The van der Waals surface area contributed by atoms with Crippen LogP contribution in [0, 0.1) is 5.41 Å². The first-order valence-corrected chi connectivity index (χ1v) is 7.28. The smallest absolute Gasteiger partial charge is 0.0546 e. The predicted molar refractivity (Wildman–Crippen MR) is 71.3 cm³/mol. The quantitative estimate of drug-likeness (QED) is 0.794. The molecule has 0 aromatic rings. The Kier molecular flexibility index (Phi) is 4.83. The van der Waals surface area contributed by atoms with Crippen LogP contribution in [0.4, 0.5) is 0 Å². The van der Waals surface area contributed by atoms with Gasteiger partial charge in [0, 0.05) is 31.2 Å². The van der Waals surface area contributed by atoms with Crippen LogP contribution in [0.1, 0.15) is 39.5 Å². The van der Waals surface area contributed by atoms with Gasteiger partial charge in [-0.15, -0.1) is 0 Å². The highest BCUT2D eigenvalue weighted by molar-refractivity contribution is 4.90. The minimum atomic E-state index is 0.368. The summed E-state index contributed by atoms with van der Waals surface area (Å²) in [5, 5.41) is 3.54. The molecule has 2 fully saturated rings. The highest BCUT2D eigenvalue weighted by Gasteiger charge is 2.36. The van der Waals surface area contributed by atoms with Crippen molar-refractivity contribution in [3.63, 3.8) is 0 Å². The van der Waals surface area contributed by atoms with Crippen molar-refractivity contribution in [1.82, 2.24) is 10.2 Å². The Morgan fingerprint density at radius 2 is 2.29 bits per heavy atom. The average Bonchev–Trinajstić information content (AvgIpc) is 2.74. The molecular formula is C14H28N2O. The van der Waals surface area contributed by atoms with Gasteiger partial charge in [0.1, 0.15) is 0 Å². The molecule has 2 atom stereocenters. The Bertz CT molecular complexity index is 226. The highest BCUT2D eigenvalue weighted by Crippen LogP contribution is 2.31. The summed E-state index contributed by atoms with van der Waals surface area (Å²) in [6.45, 7) is 11.2. The van der Waals surface area contributed by atoms with E-state index in [1.54, 1.807) is 0 Å². The van der Waals surface area contributed by atoms with E-state index in [4.69, 9.17) is 4.74 Å². The van der Waals surface area contributed by atoms with Crippen molar-refractivity contribution in [2.75, 3.05) is 39.4 Å². The molecule has 0 amide bonds. The summed E-state index contributed by atoms with van der Waals surface area (Å²) in [5.41, 5.74) is 0.368. The summed E-state index contributed by atoms with van der Waals surface area (Å²) in [6.07, 6.45) is 5.30. The molecule has 2 unspecified atom stereocenters. The number of likely N-dealkylation sites (tertiary alicyclic amines) is 1. The molecule has 0 saturated carbocycles. The van der Waals surface area contributed by atoms with Crippen LogP contribution in [-0.2, 0) is 4.74 Å². The molecule has 100 valence electrons. The van der Waals surface area contributed by atoms with Gasteiger partial charge in [-0.25, -0.2) is 0 Å². The predicted octanol–water partition coefficient (Wildman–Crippen LogP) is 1.88. The van der Waals surface area contributed by atoms with E-state index in [1.165, 1.54) is 38.8 Å². The van der Waals surface area contributed by atoms with Crippen LogP contribution in [-0.4, -0.2) is 50.3 Å². The molecule has 0 bridgehead atoms. The maximum atomic E-state index is 5.76. The molecule has 0 radical (unpaired) electrons. The molecule has 1 N–H and O–H groups in total. The molecule has 17 heavy (non-hydrogen) atoms. The molecule has 3 nitrogen and oxygen atoms in total. The molecule has 2 aliphatic heterocycles. The molecule has 0 spiro atoms. The van der Waals surface area contributed by atoms with Crippen molar-refractivity contribution in [3.05, 3.63) is 0 Å². The molecular weight excluding hydrogens is 212 g/mol. The Morgan fingerprint density at radius 3 is 2.88 bits per heavy atom. The lowest BCUT2D eigenvalue weighted by molar-refractivity contribution is -0.0270. The van der Waals surface area contributed by atoms with Gasteiger partial charge in [-0.3, -0.25) is 4.90 Å². The van der Waals surface area contributed by atoms with Gasteiger partial charge in [0.25, 0.3) is 0 Å². The maximum Gasteiger partial charge on any atom is 0.0546 e. The van der Waals surface area contributed by atoms with Crippen LogP contribution in [0.5, 0.6) is 0 Å². The minimum absolute atomic E-state index is 0.368. The molecule has 2 aliphatic rings. The third-order valence-corrected chi connectivity index (χ3v) is 4.38. The number of nitrogens with zero attached hydrogens (tertiary/aromatic N) is 1. The van der Waals surface area contributed by atoms with E-state index in [0.717, 1.165) is 32.3 Å². The number of hydrogen-bond acceptors (Lipinski definition) is 3. The molecule has 2 heterocycles. The van der Waals surface area contributed by atoms with E-state index in [0.29, 0.717) is 5.41 Å². The highest BCUT2D eigenvalue weighted by atomic mass is 16.5. The second-order valence-corrected chi connectivity index (χ2v) is 5.90. The number of hydrogen-bond donors (Lipinski definition) is 1. The van der Waals surface area contributed by atoms with E-state index in [-0.39, 0.29) is 0 Å². The van der Waals surface area contributed by atoms with Crippen LogP contribution in [0.15, 0.2) is 0 Å². The summed E-state index contributed by atoms with van der Waals surface area (Å²) in [7, 11) is 0. The molecule has 0 aliphatic carbocycles. The molecule has 0 aromatic carbocycles. The zero-order valence-corrected chi connectivity index (χ0v) is 11.5. The second kappa shape index (κ2) is 6.17. The van der Waals surface area contributed by atoms with Gasteiger partial charge in [0.2, 0.25) is 0 Å². The second-order valence-electron chi connectivity index (χ2n) is 5.90. The van der Waals surface area contributed by atoms with Crippen LogP contribution < -0.4 is 5.32 Å². The fourth-order valence-electron chi connectivity index (χ4n) is 3.28. The van der Waals surface area contributed by atoms with Crippen LogP contribution in [0.25, 0.3) is 0 Å². The lowest BCUT2D eigenvalue weighted by Gasteiger charge is -2.41. The molecule has 2 saturated heterocycles. The summed E-state index contributed by atoms with van der Waals surface area (Å²) >= 11 is 0. The number of rotatable bonds is 5. The maximum absolute atomic E-state index is 5.76. The van der Waals surface area contributed by atoms with Crippen molar-refractivity contribution in [1.29, 1.82) is 0 Å². The SMILES string of the molecule is CCNCC1(CN2CCCC2C)CCCOC1. The van der Waals surface area contributed by atoms with Gasteiger partial charge < -0.3 is 10.1 Å². The van der Waals surface area contributed by atoms with Crippen LogP contribution in [0.3, 0.4) is 0 Å². The van der Waals surface area contributed by atoms with Gasteiger partial charge in [-0.1, -0.05) is 6.92 Å². The number of nitrogens with one attached hydrogen (secondary N) is 1. The van der Waals surface area contributed by atoms with Crippen molar-refractivity contribution in [2.45, 2.75) is 45.6 Å². The van der Waals surface area contributed by atoms with E-state index in [9.17, 15) is 0 Å². The topological polar surface area (TPSA) is 24.5 Å². The minimum Gasteiger partial charge on any atom is -0.381 e. The van der Waals surface area contributed by atoms with Gasteiger partial charge in [0.15, 0.2) is 0 Å².